The molecule has 1 unspecified atom stereocenters. The molecule has 0 radical (unpaired) electrons. The lowest BCUT2D eigenvalue weighted by Gasteiger charge is -2.18. The van der Waals surface area contributed by atoms with Gasteiger partial charge in [0, 0.05) is 10.0 Å². The first-order valence-electron chi connectivity index (χ1n) is 4.72. The van der Waals surface area contributed by atoms with E-state index in [1.807, 2.05) is 0 Å². The Balaban J connectivity index is 3.31. The average molecular weight is 310 g/mol. The van der Waals surface area contributed by atoms with Crippen molar-refractivity contribution >= 4 is 33.5 Å². The van der Waals surface area contributed by atoms with E-state index in [1.54, 1.807) is 19.9 Å². The van der Waals surface area contributed by atoms with Crippen LogP contribution >= 0.6 is 27.5 Å². The number of carbonyl (C=O) groups is 1. The van der Waals surface area contributed by atoms with Crippen LogP contribution in [-0.4, -0.2) is 11.1 Å². The van der Waals surface area contributed by atoms with E-state index in [0.29, 0.717) is 4.47 Å². The van der Waals surface area contributed by atoms with Crippen LogP contribution < -0.4 is 0 Å². The van der Waals surface area contributed by atoms with Crippen molar-refractivity contribution in [2.45, 2.75) is 19.8 Å². The average Bonchev–Trinajstić information content (AvgIpc) is 2.17. The van der Waals surface area contributed by atoms with E-state index >= 15 is 0 Å². The highest BCUT2D eigenvalue weighted by Gasteiger charge is 2.27. The zero-order chi connectivity index (χ0) is 12.5. The first-order chi connectivity index (χ1) is 7.36. The van der Waals surface area contributed by atoms with Crippen LogP contribution in [0.15, 0.2) is 16.6 Å². The Hall–Kier alpha value is -0.610. The maximum Gasteiger partial charge on any atom is 0.311 e. The Morgan fingerprint density at radius 2 is 2.06 bits per heavy atom. The second-order valence-electron chi connectivity index (χ2n) is 3.82. The molecule has 0 fully saturated rings. The van der Waals surface area contributed by atoms with Gasteiger partial charge >= 0.3 is 5.97 Å². The molecule has 88 valence electrons. The molecule has 1 atom stereocenters. The standard InChI is InChI=1S/C11H11BrClFO2/c1-5(2)8(11(15)16)6-3-4-7(12)9(13)10(6)14/h3-5,8H,1-2H3,(H,15,16). The fourth-order valence-corrected chi connectivity index (χ4v) is 2.04. The van der Waals surface area contributed by atoms with Crippen LogP contribution in [0.4, 0.5) is 4.39 Å². The largest absolute Gasteiger partial charge is 0.481 e. The zero-order valence-electron chi connectivity index (χ0n) is 8.80. The number of rotatable bonds is 3. The van der Waals surface area contributed by atoms with Crippen LogP contribution in [0.1, 0.15) is 25.3 Å². The Bertz CT molecular complexity index is 421. The van der Waals surface area contributed by atoms with Crippen LogP contribution in [-0.2, 0) is 4.79 Å². The van der Waals surface area contributed by atoms with Crippen molar-refractivity contribution in [3.63, 3.8) is 0 Å². The van der Waals surface area contributed by atoms with E-state index in [9.17, 15) is 9.18 Å². The van der Waals surface area contributed by atoms with Gasteiger partial charge in [-0.1, -0.05) is 31.5 Å². The summed E-state index contributed by atoms with van der Waals surface area (Å²) in [4.78, 5) is 11.1. The molecule has 0 heterocycles. The molecule has 0 spiro atoms. The molecule has 1 N–H and O–H groups in total. The van der Waals surface area contributed by atoms with Gasteiger partial charge in [-0.15, -0.1) is 0 Å². The van der Waals surface area contributed by atoms with Crippen LogP contribution in [0, 0.1) is 11.7 Å². The molecule has 0 aromatic heterocycles. The van der Waals surface area contributed by atoms with Crippen LogP contribution in [0.2, 0.25) is 5.02 Å². The predicted octanol–water partition coefficient (Wildman–Crippen LogP) is 4.07. The maximum atomic E-state index is 13.8. The van der Waals surface area contributed by atoms with Crippen molar-refractivity contribution in [3.05, 3.63) is 33.0 Å². The van der Waals surface area contributed by atoms with Gasteiger partial charge < -0.3 is 5.11 Å². The minimum atomic E-state index is -1.05. The fraction of sp³-hybridized carbons (Fsp3) is 0.364. The van der Waals surface area contributed by atoms with Crippen LogP contribution in [0.5, 0.6) is 0 Å². The quantitative estimate of drug-likeness (QED) is 0.855. The number of carboxylic acid groups (broad SMARTS) is 1. The molecule has 0 aliphatic rings. The summed E-state index contributed by atoms with van der Waals surface area (Å²) in [5.74, 6) is -2.81. The summed E-state index contributed by atoms with van der Waals surface area (Å²) in [6.07, 6.45) is 0. The molecule has 0 amide bonds. The molecular weight excluding hydrogens is 298 g/mol. The fourth-order valence-electron chi connectivity index (χ4n) is 1.56. The van der Waals surface area contributed by atoms with E-state index in [0.717, 1.165) is 0 Å². The second kappa shape index (κ2) is 5.15. The van der Waals surface area contributed by atoms with Gasteiger partial charge in [0.25, 0.3) is 0 Å². The van der Waals surface area contributed by atoms with Gasteiger partial charge in [0.1, 0.15) is 5.82 Å². The van der Waals surface area contributed by atoms with Crippen molar-refractivity contribution in [2.75, 3.05) is 0 Å². The van der Waals surface area contributed by atoms with Crippen molar-refractivity contribution < 1.29 is 14.3 Å². The monoisotopic (exact) mass is 308 g/mol. The van der Waals surface area contributed by atoms with Gasteiger partial charge in [0.15, 0.2) is 0 Å². The number of hydrogen-bond acceptors (Lipinski definition) is 1. The molecule has 1 rings (SSSR count). The molecular formula is C11H11BrClFO2. The second-order valence-corrected chi connectivity index (χ2v) is 5.06. The smallest absolute Gasteiger partial charge is 0.311 e. The summed E-state index contributed by atoms with van der Waals surface area (Å²) < 4.78 is 14.2. The molecule has 2 nitrogen and oxygen atoms in total. The van der Waals surface area contributed by atoms with E-state index in [-0.39, 0.29) is 16.5 Å². The topological polar surface area (TPSA) is 37.3 Å². The van der Waals surface area contributed by atoms with Gasteiger partial charge in [-0.3, -0.25) is 4.79 Å². The summed E-state index contributed by atoms with van der Waals surface area (Å²) in [5.41, 5.74) is 0.121. The van der Waals surface area contributed by atoms with Gasteiger partial charge in [0.2, 0.25) is 0 Å². The van der Waals surface area contributed by atoms with Crippen LogP contribution in [0.25, 0.3) is 0 Å². The predicted molar refractivity (Wildman–Crippen MR) is 64.3 cm³/mol. The molecule has 0 bridgehead atoms. The molecule has 16 heavy (non-hydrogen) atoms. The van der Waals surface area contributed by atoms with E-state index in [1.165, 1.54) is 6.07 Å². The molecule has 0 saturated carbocycles. The minimum Gasteiger partial charge on any atom is -0.481 e. The molecule has 1 aromatic rings. The number of aliphatic carboxylic acids is 1. The molecule has 1 aromatic carbocycles. The molecule has 0 aliphatic carbocycles. The van der Waals surface area contributed by atoms with Crippen molar-refractivity contribution in [2.24, 2.45) is 5.92 Å². The summed E-state index contributed by atoms with van der Waals surface area (Å²) in [6, 6.07) is 3.00. The summed E-state index contributed by atoms with van der Waals surface area (Å²) in [6.45, 7) is 3.46. The first kappa shape index (κ1) is 13.5. The minimum absolute atomic E-state index is 0.0793. The zero-order valence-corrected chi connectivity index (χ0v) is 11.1. The van der Waals surface area contributed by atoms with E-state index < -0.39 is 17.7 Å². The Labute approximate surface area is 107 Å². The molecule has 0 saturated heterocycles. The van der Waals surface area contributed by atoms with Gasteiger partial charge in [-0.25, -0.2) is 4.39 Å². The SMILES string of the molecule is CC(C)C(C(=O)O)c1ccc(Br)c(Cl)c1F. The van der Waals surface area contributed by atoms with E-state index in [2.05, 4.69) is 15.9 Å². The number of hydrogen-bond donors (Lipinski definition) is 1. The Morgan fingerprint density at radius 1 is 1.50 bits per heavy atom. The van der Waals surface area contributed by atoms with Gasteiger partial charge in [-0.05, 0) is 27.9 Å². The number of carboxylic acids is 1. The van der Waals surface area contributed by atoms with Crippen LogP contribution in [0.3, 0.4) is 0 Å². The third-order valence-electron chi connectivity index (χ3n) is 2.33. The molecule has 5 heteroatoms. The summed E-state index contributed by atoms with van der Waals surface area (Å²) >= 11 is 8.81. The lowest BCUT2D eigenvalue weighted by atomic mass is 9.88. The number of halogens is 3. The van der Waals surface area contributed by atoms with Gasteiger partial charge in [0.05, 0.1) is 10.9 Å². The summed E-state index contributed by atoms with van der Waals surface area (Å²) in [7, 11) is 0. The highest BCUT2D eigenvalue weighted by atomic mass is 79.9. The maximum absolute atomic E-state index is 13.8. The lowest BCUT2D eigenvalue weighted by Crippen LogP contribution is -2.19. The number of benzene rings is 1. The van der Waals surface area contributed by atoms with E-state index in [4.69, 9.17) is 16.7 Å². The third kappa shape index (κ3) is 2.55. The first-order valence-corrected chi connectivity index (χ1v) is 5.89. The van der Waals surface area contributed by atoms with Gasteiger partial charge in [-0.2, -0.15) is 0 Å². The van der Waals surface area contributed by atoms with Crippen molar-refractivity contribution in [1.82, 2.24) is 0 Å². The highest BCUT2D eigenvalue weighted by Crippen LogP contribution is 2.34. The lowest BCUT2D eigenvalue weighted by molar-refractivity contribution is -0.139. The normalized spacial score (nSPS) is 12.9. The highest BCUT2D eigenvalue weighted by molar-refractivity contribution is 9.10. The Morgan fingerprint density at radius 3 is 2.50 bits per heavy atom. The molecule has 0 aliphatic heterocycles. The Kier molecular flexibility index (Phi) is 4.33. The summed E-state index contributed by atoms with van der Waals surface area (Å²) in [5, 5.41) is 8.98. The van der Waals surface area contributed by atoms with Crippen molar-refractivity contribution in [1.29, 1.82) is 0 Å². The van der Waals surface area contributed by atoms with Crippen molar-refractivity contribution in [3.8, 4) is 0 Å². The third-order valence-corrected chi connectivity index (χ3v) is 3.59.